The van der Waals surface area contributed by atoms with Gasteiger partial charge in [-0.1, -0.05) is 6.07 Å². The molecule has 0 aliphatic carbocycles. The van der Waals surface area contributed by atoms with E-state index in [1.807, 2.05) is 25.1 Å². The van der Waals surface area contributed by atoms with Gasteiger partial charge in [0.2, 0.25) is 0 Å². The summed E-state index contributed by atoms with van der Waals surface area (Å²) in [5.74, 6) is 1.57. The molecule has 1 aromatic rings. The lowest BCUT2D eigenvalue weighted by Crippen LogP contribution is -1.96. The fourth-order valence-corrected chi connectivity index (χ4v) is 1.40. The fourth-order valence-electron chi connectivity index (χ4n) is 1.40. The highest BCUT2D eigenvalue weighted by atomic mass is 16.6. The van der Waals surface area contributed by atoms with Crippen LogP contribution in [-0.4, -0.2) is 20.3 Å². The van der Waals surface area contributed by atoms with Crippen molar-refractivity contribution >= 4 is 0 Å². The molecule has 0 bridgehead atoms. The van der Waals surface area contributed by atoms with Crippen LogP contribution < -0.4 is 9.47 Å². The summed E-state index contributed by atoms with van der Waals surface area (Å²) in [6.45, 7) is 3.42. The summed E-state index contributed by atoms with van der Waals surface area (Å²) in [5, 5.41) is 0. The van der Waals surface area contributed by atoms with E-state index in [9.17, 15) is 0 Å². The van der Waals surface area contributed by atoms with Crippen LogP contribution in [0, 0.1) is 0 Å². The largest absolute Gasteiger partial charge is 0.493 e. The third-order valence-corrected chi connectivity index (χ3v) is 2.19. The van der Waals surface area contributed by atoms with Gasteiger partial charge in [0, 0.05) is 0 Å². The van der Waals surface area contributed by atoms with Gasteiger partial charge in [0.25, 0.3) is 0 Å². The second kappa shape index (κ2) is 3.88. The Hall–Kier alpha value is -1.22. The maximum absolute atomic E-state index is 5.47. The molecule has 1 atom stereocenters. The maximum atomic E-state index is 5.47. The lowest BCUT2D eigenvalue weighted by molar-refractivity contribution is 0.310. The second-order valence-electron chi connectivity index (χ2n) is 3.17. The molecule has 0 aromatic heterocycles. The van der Waals surface area contributed by atoms with Crippen molar-refractivity contribution in [3.05, 3.63) is 23.8 Å². The summed E-state index contributed by atoms with van der Waals surface area (Å²) in [7, 11) is 1.64. The van der Waals surface area contributed by atoms with Crippen LogP contribution in [0.2, 0.25) is 0 Å². The van der Waals surface area contributed by atoms with Crippen LogP contribution in [0.15, 0.2) is 18.2 Å². The maximum Gasteiger partial charge on any atom is 0.161 e. The first-order chi connectivity index (χ1) is 6.85. The number of methoxy groups -OCH3 is 1. The van der Waals surface area contributed by atoms with E-state index >= 15 is 0 Å². The van der Waals surface area contributed by atoms with Crippen molar-refractivity contribution < 1.29 is 14.2 Å². The van der Waals surface area contributed by atoms with Gasteiger partial charge in [-0.05, 0) is 24.6 Å². The number of ether oxygens (including phenoxy) is 3. The predicted octanol–water partition coefficient (Wildman–Crippen LogP) is 2.17. The van der Waals surface area contributed by atoms with Crippen molar-refractivity contribution in [2.24, 2.45) is 0 Å². The molecule has 2 rings (SSSR count). The van der Waals surface area contributed by atoms with Crippen molar-refractivity contribution in [2.45, 2.75) is 13.0 Å². The Kier molecular flexibility index (Phi) is 2.59. The number of epoxide rings is 1. The molecule has 0 N–H and O–H groups in total. The molecule has 0 radical (unpaired) electrons. The van der Waals surface area contributed by atoms with E-state index in [1.54, 1.807) is 7.11 Å². The zero-order valence-electron chi connectivity index (χ0n) is 8.45. The van der Waals surface area contributed by atoms with E-state index < -0.39 is 0 Å². The van der Waals surface area contributed by atoms with Crippen molar-refractivity contribution in [2.75, 3.05) is 20.3 Å². The fraction of sp³-hybridized carbons (Fsp3) is 0.455. The monoisotopic (exact) mass is 194 g/mol. The highest BCUT2D eigenvalue weighted by Crippen LogP contribution is 2.36. The zero-order chi connectivity index (χ0) is 9.97. The van der Waals surface area contributed by atoms with Gasteiger partial charge in [-0.3, -0.25) is 0 Å². The normalized spacial score (nSPS) is 19.1. The Morgan fingerprint density at radius 2 is 2.21 bits per heavy atom. The van der Waals surface area contributed by atoms with Crippen LogP contribution in [0.5, 0.6) is 11.5 Å². The molecule has 14 heavy (non-hydrogen) atoms. The molecule has 1 aliphatic heterocycles. The summed E-state index contributed by atoms with van der Waals surface area (Å²) in [6, 6.07) is 5.92. The van der Waals surface area contributed by atoms with Gasteiger partial charge in [0.15, 0.2) is 11.5 Å². The van der Waals surface area contributed by atoms with Crippen molar-refractivity contribution in [1.29, 1.82) is 0 Å². The molecule has 1 fully saturated rings. The number of rotatable bonds is 4. The van der Waals surface area contributed by atoms with Gasteiger partial charge in [0.1, 0.15) is 6.10 Å². The standard InChI is InChI=1S/C11H14O3/c1-3-13-10-6-8(11-7-14-11)4-5-9(10)12-2/h4-6,11H,3,7H2,1-2H3/t11-/m1/s1. The van der Waals surface area contributed by atoms with Crippen LogP contribution in [0.4, 0.5) is 0 Å². The molecular weight excluding hydrogens is 180 g/mol. The minimum absolute atomic E-state index is 0.264. The Balaban J connectivity index is 2.26. The molecule has 0 spiro atoms. The van der Waals surface area contributed by atoms with Gasteiger partial charge in [-0.25, -0.2) is 0 Å². The smallest absolute Gasteiger partial charge is 0.161 e. The Labute approximate surface area is 83.6 Å². The third-order valence-electron chi connectivity index (χ3n) is 2.19. The summed E-state index contributed by atoms with van der Waals surface area (Å²) in [6.07, 6.45) is 0.264. The van der Waals surface area contributed by atoms with E-state index in [0.29, 0.717) is 6.61 Å². The predicted molar refractivity (Wildman–Crippen MR) is 52.9 cm³/mol. The van der Waals surface area contributed by atoms with Gasteiger partial charge < -0.3 is 14.2 Å². The van der Waals surface area contributed by atoms with Crippen LogP contribution in [-0.2, 0) is 4.74 Å². The van der Waals surface area contributed by atoms with Crippen molar-refractivity contribution in [3.63, 3.8) is 0 Å². The molecule has 1 aliphatic rings. The summed E-state index contributed by atoms with van der Waals surface area (Å²) in [5.41, 5.74) is 1.16. The molecular formula is C11H14O3. The van der Waals surface area contributed by atoms with E-state index in [4.69, 9.17) is 14.2 Å². The Bertz CT molecular complexity index is 318. The highest BCUT2D eigenvalue weighted by molar-refractivity contribution is 5.44. The SMILES string of the molecule is CCOc1cc([C@H]2CO2)ccc1OC. The number of benzene rings is 1. The van der Waals surface area contributed by atoms with Crippen LogP contribution in [0.1, 0.15) is 18.6 Å². The molecule has 76 valence electrons. The topological polar surface area (TPSA) is 31.0 Å². The molecule has 1 aromatic carbocycles. The lowest BCUT2D eigenvalue weighted by Gasteiger charge is -2.09. The van der Waals surface area contributed by atoms with Crippen molar-refractivity contribution in [1.82, 2.24) is 0 Å². The van der Waals surface area contributed by atoms with Crippen LogP contribution in [0.25, 0.3) is 0 Å². The van der Waals surface area contributed by atoms with E-state index in [1.165, 1.54) is 0 Å². The molecule has 3 nitrogen and oxygen atoms in total. The van der Waals surface area contributed by atoms with Gasteiger partial charge in [0.05, 0.1) is 20.3 Å². The molecule has 1 saturated heterocycles. The first-order valence-corrected chi connectivity index (χ1v) is 4.77. The Morgan fingerprint density at radius 1 is 1.43 bits per heavy atom. The van der Waals surface area contributed by atoms with E-state index in [2.05, 4.69) is 0 Å². The molecule has 1 heterocycles. The number of hydrogen-bond acceptors (Lipinski definition) is 3. The average Bonchev–Trinajstić information content (AvgIpc) is 3.01. The minimum Gasteiger partial charge on any atom is -0.493 e. The van der Waals surface area contributed by atoms with Crippen LogP contribution in [0.3, 0.4) is 0 Å². The summed E-state index contributed by atoms with van der Waals surface area (Å²) < 4.78 is 15.9. The Morgan fingerprint density at radius 3 is 2.79 bits per heavy atom. The summed E-state index contributed by atoms with van der Waals surface area (Å²) in [4.78, 5) is 0. The molecule has 3 heteroatoms. The molecule has 0 amide bonds. The highest BCUT2D eigenvalue weighted by Gasteiger charge is 2.25. The van der Waals surface area contributed by atoms with Gasteiger partial charge >= 0.3 is 0 Å². The van der Waals surface area contributed by atoms with Crippen molar-refractivity contribution in [3.8, 4) is 11.5 Å². The van der Waals surface area contributed by atoms with E-state index in [0.717, 1.165) is 23.7 Å². The minimum atomic E-state index is 0.264. The van der Waals surface area contributed by atoms with Gasteiger partial charge in [-0.15, -0.1) is 0 Å². The third kappa shape index (κ3) is 1.82. The second-order valence-corrected chi connectivity index (χ2v) is 3.17. The van der Waals surface area contributed by atoms with Crippen LogP contribution >= 0.6 is 0 Å². The van der Waals surface area contributed by atoms with E-state index in [-0.39, 0.29) is 6.10 Å². The summed E-state index contributed by atoms with van der Waals surface area (Å²) >= 11 is 0. The molecule has 0 saturated carbocycles. The first kappa shape index (κ1) is 9.34. The average molecular weight is 194 g/mol. The van der Waals surface area contributed by atoms with Gasteiger partial charge in [-0.2, -0.15) is 0 Å². The zero-order valence-corrected chi connectivity index (χ0v) is 8.45. The lowest BCUT2D eigenvalue weighted by atomic mass is 10.1. The quantitative estimate of drug-likeness (QED) is 0.688. The number of hydrogen-bond donors (Lipinski definition) is 0. The molecule has 0 unspecified atom stereocenters. The first-order valence-electron chi connectivity index (χ1n) is 4.77.